The Balaban J connectivity index is 1.61. The number of halogens is 2. The normalized spacial score (nSPS) is 22.8. The molecule has 190 valence electrons. The molecule has 0 spiro atoms. The third-order valence-electron chi connectivity index (χ3n) is 6.32. The van der Waals surface area contributed by atoms with Gasteiger partial charge in [-0.25, -0.2) is 13.6 Å². The van der Waals surface area contributed by atoms with Gasteiger partial charge in [-0.15, -0.1) is 0 Å². The number of hydrogen-bond acceptors (Lipinski definition) is 6. The molecule has 2 saturated heterocycles. The molecule has 34 heavy (non-hydrogen) atoms. The highest BCUT2D eigenvalue weighted by atomic mass is 19.3. The summed E-state index contributed by atoms with van der Waals surface area (Å²) < 4.78 is 45.4. The highest BCUT2D eigenvalue weighted by molar-refractivity contribution is 5.76. The van der Waals surface area contributed by atoms with Crippen LogP contribution in [0, 0.1) is 11.3 Å². The van der Waals surface area contributed by atoms with E-state index in [0.29, 0.717) is 13.1 Å². The second-order valence-corrected chi connectivity index (χ2v) is 10.9. The molecular weight excluding hydrogens is 446 g/mol. The van der Waals surface area contributed by atoms with Crippen molar-refractivity contribution in [2.24, 2.45) is 11.3 Å². The summed E-state index contributed by atoms with van der Waals surface area (Å²) in [4.78, 5) is 28.6. The summed E-state index contributed by atoms with van der Waals surface area (Å²) in [6.07, 6.45) is -0.479. The Morgan fingerprint density at radius 2 is 1.76 bits per heavy atom. The lowest BCUT2D eigenvalue weighted by molar-refractivity contribution is -0.157. The van der Waals surface area contributed by atoms with Crippen molar-refractivity contribution in [3.63, 3.8) is 0 Å². The fourth-order valence-electron chi connectivity index (χ4n) is 4.62. The van der Waals surface area contributed by atoms with E-state index in [1.165, 1.54) is 0 Å². The van der Waals surface area contributed by atoms with Crippen molar-refractivity contribution in [2.75, 3.05) is 33.3 Å². The largest absolute Gasteiger partial charge is 0.497 e. The molecule has 2 aliphatic rings. The summed E-state index contributed by atoms with van der Waals surface area (Å²) in [5.41, 5.74) is -0.780. The quantitative estimate of drug-likeness (QED) is 0.562. The van der Waals surface area contributed by atoms with Crippen LogP contribution in [0.25, 0.3) is 0 Å². The minimum atomic E-state index is -2.96. The van der Waals surface area contributed by atoms with Crippen LogP contribution in [-0.2, 0) is 20.9 Å². The number of hydrogen-bond donors (Lipinski definition) is 0. The second-order valence-electron chi connectivity index (χ2n) is 10.9. The Labute approximate surface area is 200 Å². The Morgan fingerprint density at radius 3 is 2.35 bits per heavy atom. The zero-order valence-corrected chi connectivity index (χ0v) is 20.9. The van der Waals surface area contributed by atoms with Gasteiger partial charge >= 0.3 is 12.1 Å². The molecule has 0 unspecified atom stereocenters. The number of amides is 1. The van der Waals surface area contributed by atoms with Crippen LogP contribution in [-0.4, -0.2) is 72.7 Å². The van der Waals surface area contributed by atoms with Crippen LogP contribution in [0.4, 0.5) is 13.6 Å². The lowest BCUT2D eigenvalue weighted by Gasteiger charge is -2.41. The number of ether oxygens (including phenoxy) is 3. The van der Waals surface area contributed by atoms with Gasteiger partial charge in [0.1, 0.15) is 18.0 Å². The van der Waals surface area contributed by atoms with Gasteiger partial charge in [0.15, 0.2) is 0 Å². The fourth-order valence-corrected chi connectivity index (χ4v) is 4.62. The molecule has 0 saturated carbocycles. The van der Waals surface area contributed by atoms with E-state index >= 15 is 0 Å². The van der Waals surface area contributed by atoms with Gasteiger partial charge in [-0.05, 0) is 65.3 Å². The number of fused-ring (bicyclic) bond motifs is 1. The van der Waals surface area contributed by atoms with Gasteiger partial charge in [0.25, 0.3) is 5.92 Å². The van der Waals surface area contributed by atoms with Gasteiger partial charge in [0.05, 0.1) is 25.1 Å². The van der Waals surface area contributed by atoms with E-state index < -0.39 is 41.5 Å². The summed E-state index contributed by atoms with van der Waals surface area (Å²) in [6.45, 7) is 9.22. The number of esters is 1. The second kappa shape index (κ2) is 9.68. The molecule has 0 aromatic heterocycles. The van der Waals surface area contributed by atoms with Crippen LogP contribution >= 0.6 is 0 Å². The molecule has 0 aliphatic carbocycles. The van der Waals surface area contributed by atoms with Crippen LogP contribution in [0.1, 0.15) is 46.6 Å². The van der Waals surface area contributed by atoms with Crippen molar-refractivity contribution in [2.45, 2.75) is 65.2 Å². The molecular formula is C25H36F2N2O5. The van der Waals surface area contributed by atoms with Crippen LogP contribution in [0.2, 0.25) is 0 Å². The molecule has 0 radical (unpaired) electrons. The molecule has 9 heteroatoms. The van der Waals surface area contributed by atoms with E-state index in [1.807, 2.05) is 17.0 Å². The van der Waals surface area contributed by atoms with Crippen molar-refractivity contribution < 1.29 is 32.6 Å². The van der Waals surface area contributed by atoms with E-state index in [4.69, 9.17) is 14.2 Å². The molecule has 1 aromatic rings. The minimum absolute atomic E-state index is 0.135. The van der Waals surface area contributed by atoms with Crippen molar-refractivity contribution in [1.82, 2.24) is 9.80 Å². The average Bonchev–Trinajstić information content (AvgIpc) is 3.01. The highest BCUT2D eigenvalue weighted by Crippen LogP contribution is 2.43. The van der Waals surface area contributed by atoms with E-state index in [1.54, 1.807) is 53.9 Å². The van der Waals surface area contributed by atoms with E-state index in [9.17, 15) is 18.4 Å². The number of methoxy groups -OCH3 is 1. The van der Waals surface area contributed by atoms with Crippen LogP contribution in [0.15, 0.2) is 24.3 Å². The first-order chi connectivity index (χ1) is 15.7. The molecule has 3 rings (SSSR count). The molecule has 1 aromatic carbocycles. The topological polar surface area (TPSA) is 68.3 Å². The monoisotopic (exact) mass is 482 g/mol. The van der Waals surface area contributed by atoms with Gasteiger partial charge in [-0.3, -0.25) is 9.69 Å². The number of likely N-dealkylation sites (tertiary alicyclic amines) is 2. The predicted molar refractivity (Wildman–Crippen MR) is 123 cm³/mol. The summed E-state index contributed by atoms with van der Waals surface area (Å²) >= 11 is 0. The summed E-state index contributed by atoms with van der Waals surface area (Å²) in [6, 6.07) is 6.59. The van der Waals surface area contributed by atoms with Gasteiger partial charge in [-0.2, -0.15) is 0 Å². The molecule has 2 heterocycles. The van der Waals surface area contributed by atoms with Crippen LogP contribution < -0.4 is 4.74 Å². The van der Waals surface area contributed by atoms with Gasteiger partial charge < -0.3 is 19.1 Å². The summed E-state index contributed by atoms with van der Waals surface area (Å²) in [5, 5.41) is 0. The van der Waals surface area contributed by atoms with Crippen LogP contribution in [0.5, 0.6) is 5.75 Å². The lowest BCUT2D eigenvalue weighted by atomic mass is 9.87. The molecule has 2 atom stereocenters. The number of benzene rings is 1. The molecule has 1 amide bonds. The van der Waals surface area contributed by atoms with Crippen LogP contribution in [0.3, 0.4) is 0 Å². The minimum Gasteiger partial charge on any atom is -0.497 e. The lowest BCUT2D eigenvalue weighted by Crippen LogP contribution is -2.53. The predicted octanol–water partition coefficient (Wildman–Crippen LogP) is 4.34. The van der Waals surface area contributed by atoms with E-state index in [-0.39, 0.29) is 25.5 Å². The Morgan fingerprint density at radius 1 is 1.12 bits per heavy atom. The Bertz CT molecular complexity index is 882. The molecule has 7 nitrogen and oxygen atoms in total. The number of carbonyl (C=O) groups excluding carboxylic acids is 2. The fraction of sp³-hybridized carbons (Fsp3) is 0.680. The molecule has 0 bridgehead atoms. The number of piperidine rings is 1. The standard InChI is InChI=1S/C25H36F2N2O5/c1-23(2,3)34-22(31)29-16-25(26,27)19-11-12-28(13-20(19)29)15-24(4,5)21(30)33-14-17-7-9-18(32-6)10-8-17/h7-10,19-20H,11-16H2,1-6H3/t19-,20+/m0/s1. The maximum absolute atomic E-state index is 14.7. The smallest absolute Gasteiger partial charge is 0.410 e. The molecule has 2 aliphatic heterocycles. The first kappa shape index (κ1) is 26.2. The zero-order chi connectivity index (χ0) is 25.3. The summed E-state index contributed by atoms with van der Waals surface area (Å²) in [5.74, 6) is -3.52. The molecule has 0 N–H and O–H groups in total. The van der Waals surface area contributed by atoms with E-state index in [0.717, 1.165) is 16.2 Å². The first-order valence-corrected chi connectivity index (χ1v) is 11.6. The number of nitrogens with zero attached hydrogens (tertiary/aromatic N) is 2. The maximum atomic E-state index is 14.7. The zero-order valence-electron chi connectivity index (χ0n) is 20.9. The van der Waals surface area contributed by atoms with Crippen molar-refractivity contribution >= 4 is 12.1 Å². The number of rotatable bonds is 6. The summed E-state index contributed by atoms with van der Waals surface area (Å²) in [7, 11) is 1.58. The van der Waals surface area contributed by atoms with Crippen molar-refractivity contribution in [3.05, 3.63) is 29.8 Å². The Hall–Kier alpha value is -2.42. The Kier molecular flexibility index (Phi) is 7.45. The average molecular weight is 483 g/mol. The van der Waals surface area contributed by atoms with Gasteiger partial charge in [-0.1, -0.05) is 12.1 Å². The van der Waals surface area contributed by atoms with E-state index in [2.05, 4.69) is 0 Å². The van der Waals surface area contributed by atoms with Gasteiger partial charge in [0.2, 0.25) is 0 Å². The SMILES string of the molecule is COc1ccc(COC(=O)C(C)(C)CN2CC[C@H]3[C@@H](C2)N(C(=O)OC(C)(C)C)CC3(F)F)cc1. The number of carbonyl (C=O) groups is 2. The first-order valence-electron chi connectivity index (χ1n) is 11.6. The highest BCUT2D eigenvalue weighted by Gasteiger charge is 2.58. The number of alkyl halides is 2. The van der Waals surface area contributed by atoms with Crippen molar-refractivity contribution in [1.29, 1.82) is 0 Å². The third kappa shape index (κ3) is 6.17. The third-order valence-corrected chi connectivity index (χ3v) is 6.32. The molecule has 2 fully saturated rings. The maximum Gasteiger partial charge on any atom is 0.410 e. The van der Waals surface area contributed by atoms with Crippen molar-refractivity contribution in [3.8, 4) is 5.75 Å². The van der Waals surface area contributed by atoms with Gasteiger partial charge in [0, 0.05) is 19.0 Å².